The van der Waals surface area contributed by atoms with Gasteiger partial charge in [-0.25, -0.2) is 13.1 Å². The molecular weight excluding hydrogens is 288 g/mol. The van der Waals surface area contributed by atoms with Crippen molar-refractivity contribution in [2.75, 3.05) is 30.0 Å². The van der Waals surface area contributed by atoms with Gasteiger partial charge < -0.3 is 10.6 Å². The number of hydrogen-bond acceptors (Lipinski definition) is 5. The molecule has 0 aliphatic carbocycles. The van der Waals surface area contributed by atoms with Crippen LogP contribution in [0.2, 0.25) is 0 Å². The predicted molar refractivity (Wildman–Crippen MR) is 85.4 cm³/mol. The molecule has 120 valence electrons. The van der Waals surface area contributed by atoms with Gasteiger partial charge in [0.05, 0.1) is 6.04 Å². The molecule has 0 bridgehead atoms. The third-order valence-electron chi connectivity index (χ3n) is 4.35. The van der Waals surface area contributed by atoms with Crippen molar-refractivity contribution < 1.29 is 8.42 Å². The molecule has 1 aliphatic rings. The summed E-state index contributed by atoms with van der Waals surface area (Å²) in [6.45, 7) is 7.92. The Kier molecular flexibility index (Phi) is 4.51. The first kappa shape index (κ1) is 16.1. The van der Waals surface area contributed by atoms with Gasteiger partial charge in [0.2, 0.25) is 0 Å². The number of rotatable bonds is 4. The summed E-state index contributed by atoms with van der Waals surface area (Å²) < 4.78 is 25.9. The summed E-state index contributed by atoms with van der Waals surface area (Å²) in [4.78, 5) is 2.25. The topological polar surface area (TPSA) is 81.2 Å². The van der Waals surface area contributed by atoms with Gasteiger partial charge >= 0.3 is 0 Å². The van der Waals surface area contributed by atoms with Crippen LogP contribution in [0.3, 0.4) is 0 Å². The highest BCUT2D eigenvalue weighted by atomic mass is 32.2. The SMILES string of the molecule is CCC(C)n1nc(N2CCC(C)CC2)c(S(C)(=O)=O)c1N. The van der Waals surface area contributed by atoms with Crippen LogP contribution < -0.4 is 10.6 Å². The van der Waals surface area contributed by atoms with Crippen LogP contribution in [-0.2, 0) is 9.84 Å². The number of piperidine rings is 1. The van der Waals surface area contributed by atoms with Crippen molar-refractivity contribution >= 4 is 21.5 Å². The maximum Gasteiger partial charge on any atom is 0.182 e. The summed E-state index contributed by atoms with van der Waals surface area (Å²) in [5.41, 5.74) is 6.10. The maximum atomic E-state index is 12.1. The lowest BCUT2D eigenvalue weighted by atomic mass is 9.99. The summed E-state index contributed by atoms with van der Waals surface area (Å²) >= 11 is 0. The zero-order chi connectivity index (χ0) is 15.8. The van der Waals surface area contributed by atoms with Crippen LogP contribution in [0.1, 0.15) is 46.1 Å². The second-order valence-corrected chi connectivity index (χ2v) is 8.13. The van der Waals surface area contributed by atoms with Crippen LogP contribution >= 0.6 is 0 Å². The number of hydrogen-bond donors (Lipinski definition) is 1. The van der Waals surface area contributed by atoms with E-state index in [1.807, 2.05) is 13.8 Å². The summed E-state index contributed by atoms with van der Waals surface area (Å²) in [6, 6.07) is 0.0861. The van der Waals surface area contributed by atoms with Crippen LogP contribution in [-0.4, -0.2) is 37.5 Å². The highest BCUT2D eigenvalue weighted by Crippen LogP contribution is 2.34. The van der Waals surface area contributed by atoms with Crippen molar-refractivity contribution in [2.45, 2.75) is 51.0 Å². The maximum absolute atomic E-state index is 12.1. The molecule has 6 nitrogen and oxygen atoms in total. The molecule has 1 atom stereocenters. The van der Waals surface area contributed by atoms with Gasteiger partial charge in [-0.3, -0.25) is 0 Å². The quantitative estimate of drug-likeness (QED) is 0.920. The minimum Gasteiger partial charge on any atom is -0.383 e. The van der Waals surface area contributed by atoms with Crippen LogP contribution in [0.25, 0.3) is 0 Å². The zero-order valence-corrected chi connectivity index (χ0v) is 14.2. The lowest BCUT2D eigenvalue weighted by Crippen LogP contribution is -2.34. The molecular formula is C14H26N4O2S. The van der Waals surface area contributed by atoms with E-state index < -0.39 is 9.84 Å². The van der Waals surface area contributed by atoms with Crippen LogP contribution in [0.15, 0.2) is 4.90 Å². The number of sulfone groups is 1. The third kappa shape index (κ3) is 3.17. The highest BCUT2D eigenvalue weighted by Gasteiger charge is 2.30. The summed E-state index contributed by atoms with van der Waals surface area (Å²) in [6.07, 6.45) is 4.17. The first-order chi connectivity index (χ1) is 9.75. The molecule has 1 aliphatic heterocycles. The Hall–Kier alpha value is -1.24. The minimum atomic E-state index is -3.40. The molecule has 1 saturated heterocycles. The minimum absolute atomic E-state index is 0.0861. The second kappa shape index (κ2) is 5.87. The smallest absolute Gasteiger partial charge is 0.182 e. The Morgan fingerprint density at radius 1 is 1.38 bits per heavy atom. The van der Waals surface area contributed by atoms with E-state index in [1.165, 1.54) is 6.26 Å². The normalized spacial score (nSPS) is 19.0. The third-order valence-corrected chi connectivity index (χ3v) is 5.48. The van der Waals surface area contributed by atoms with E-state index in [1.54, 1.807) is 4.68 Å². The lowest BCUT2D eigenvalue weighted by molar-refractivity contribution is 0.431. The van der Waals surface area contributed by atoms with E-state index in [0.717, 1.165) is 32.4 Å². The average Bonchev–Trinajstić information content (AvgIpc) is 2.76. The predicted octanol–water partition coefficient (Wildman–Crippen LogP) is 2.08. The van der Waals surface area contributed by atoms with Crippen molar-refractivity contribution in [3.05, 3.63) is 0 Å². The fourth-order valence-electron chi connectivity index (χ4n) is 2.71. The molecule has 0 radical (unpaired) electrons. The van der Waals surface area contributed by atoms with Gasteiger partial charge in [0.15, 0.2) is 20.6 Å². The van der Waals surface area contributed by atoms with Crippen molar-refractivity contribution in [1.82, 2.24) is 9.78 Å². The lowest BCUT2D eigenvalue weighted by Gasteiger charge is -2.30. The Morgan fingerprint density at radius 2 is 1.95 bits per heavy atom. The number of nitrogens with two attached hydrogens (primary N) is 1. The fraction of sp³-hybridized carbons (Fsp3) is 0.786. The van der Waals surface area contributed by atoms with Crippen LogP contribution in [0, 0.1) is 5.92 Å². The van der Waals surface area contributed by atoms with Crippen molar-refractivity contribution in [3.8, 4) is 0 Å². The standard InChI is InChI=1S/C14H26N4O2S/c1-5-11(3)18-13(15)12(21(4,19)20)14(16-18)17-8-6-10(2)7-9-17/h10-11H,5-9,15H2,1-4H3. The van der Waals surface area contributed by atoms with Crippen LogP contribution in [0.4, 0.5) is 11.6 Å². The molecule has 0 saturated carbocycles. The van der Waals surface area contributed by atoms with Gasteiger partial charge in [0.25, 0.3) is 0 Å². The second-order valence-electron chi connectivity index (χ2n) is 6.18. The van der Waals surface area contributed by atoms with E-state index in [-0.39, 0.29) is 16.8 Å². The molecule has 2 rings (SSSR count). The van der Waals surface area contributed by atoms with E-state index >= 15 is 0 Å². The largest absolute Gasteiger partial charge is 0.383 e. The molecule has 7 heteroatoms. The molecule has 0 spiro atoms. The summed E-state index contributed by atoms with van der Waals surface area (Å²) in [5.74, 6) is 1.47. The first-order valence-corrected chi connectivity index (χ1v) is 9.47. The molecule has 2 heterocycles. The molecule has 1 unspecified atom stereocenters. The van der Waals surface area contributed by atoms with Crippen molar-refractivity contribution in [3.63, 3.8) is 0 Å². The van der Waals surface area contributed by atoms with Gasteiger partial charge in [-0.05, 0) is 32.1 Å². The summed E-state index contributed by atoms with van der Waals surface area (Å²) in [5, 5.41) is 4.53. The number of nitrogen functional groups attached to an aromatic ring is 1. The van der Waals surface area contributed by atoms with E-state index in [9.17, 15) is 8.42 Å². The molecule has 0 aromatic carbocycles. The Balaban J connectivity index is 2.49. The Morgan fingerprint density at radius 3 is 2.43 bits per heavy atom. The molecule has 1 aromatic rings. The molecule has 21 heavy (non-hydrogen) atoms. The van der Waals surface area contributed by atoms with Gasteiger partial charge in [0, 0.05) is 19.3 Å². The van der Waals surface area contributed by atoms with Crippen molar-refractivity contribution in [2.24, 2.45) is 5.92 Å². The number of aromatic nitrogens is 2. The monoisotopic (exact) mass is 314 g/mol. The molecule has 0 amide bonds. The van der Waals surface area contributed by atoms with Gasteiger partial charge in [0.1, 0.15) is 5.82 Å². The molecule has 2 N–H and O–H groups in total. The number of nitrogens with zero attached hydrogens (tertiary/aromatic N) is 3. The number of anilines is 2. The highest BCUT2D eigenvalue weighted by molar-refractivity contribution is 7.91. The van der Waals surface area contributed by atoms with Gasteiger partial charge in [-0.2, -0.15) is 5.10 Å². The first-order valence-electron chi connectivity index (χ1n) is 7.58. The fourth-order valence-corrected chi connectivity index (χ4v) is 3.69. The zero-order valence-electron chi connectivity index (χ0n) is 13.3. The average molecular weight is 314 g/mol. The van der Waals surface area contributed by atoms with E-state index in [4.69, 9.17) is 5.73 Å². The molecule has 1 aromatic heterocycles. The Labute approximate surface area is 127 Å². The molecule has 1 fully saturated rings. The van der Waals surface area contributed by atoms with Crippen LogP contribution in [0.5, 0.6) is 0 Å². The van der Waals surface area contributed by atoms with Gasteiger partial charge in [-0.1, -0.05) is 13.8 Å². The summed E-state index contributed by atoms with van der Waals surface area (Å²) in [7, 11) is -3.40. The van der Waals surface area contributed by atoms with E-state index in [0.29, 0.717) is 11.7 Å². The Bertz CT molecular complexity index is 601. The van der Waals surface area contributed by atoms with Crippen molar-refractivity contribution in [1.29, 1.82) is 0 Å². The van der Waals surface area contributed by atoms with Gasteiger partial charge in [-0.15, -0.1) is 0 Å². The van der Waals surface area contributed by atoms with E-state index in [2.05, 4.69) is 16.9 Å².